The van der Waals surface area contributed by atoms with Gasteiger partial charge in [0.1, 0.15) is 12.4 Å². The van der Waals surface area contributed by atoms with E-state index in [0.29, 0.717) is 22.4 Å². The number of hydrogen-bond donors (Lipinski definition) is 2. The van der Waals surface area contributed by atoms with Crippen molar-refractivity contribution in [2.24, 2.45) is 5.73 Å². The zero-order valence-corrected chi connectivity index (χ0v) is 16.3. The molecule has 2 amide bonds. The van der Waals surface area contributed by atoms with Crippen molar-refractivity contribution >= 4 is 11.8 Å². The van der Waals surface area contributed by atoms with Crippen LogP contribution in [0, 0.1) is 0 Å². The molecule has 0 unspecified atom stereocenters. The highest BCUT2D eigenvalue weighted by Gasteiger charge is 2.29. The maximum Gasteiger partial charge on any atom is 0.416 e. The third-order valence-corrected chi connectivity index (χ3v) is 4.47. The summed E-state index contributed by atoms with van der Waals surface area (Å²) in [7, 11) is 0. The number of nitrogens with one attached hydrogen (secondary N) is 1. The van der Waals surface area contributed by atoms with Crippen LogP contribution in [0.3, 0.4) is 0 Å². The van der Waals surface area contributed by atoms with E-state index in [1.54, 1.807) is 48.5 Å². The van der Waals surface area contributed by atoms with Gasteiger partial charge >= 0.3 is 6.18 Å². The molecule has 31 heavy (non-hydrogen) atoms. The summed E-state index contributed by atoms with van der Waals surface area (Å²) in [6.07, 6.45) is -4.40. The largest absolute Gasteiger partial charge is 0.488 e. The van der Waals surface area contributed by atoms with Crippen molar-refractivity contribution in [2.45, 2.75) is 19.3 Å². The monoisotopic (exact) mass is 428 g/mol. The van der Waals surface area contributed by atoms with E-state index in [0.717, 1.165) is 12.1 Å². The molecule has 0 atom stereocenters. The number of alkyl halides is 3. The second kappa shape index (κ2) is 9.34. The number of hydrogen-bond acceptors (Lipinski definition) is 3. The fraction of sp³-hybridized carbons (Fsp3) is 0.130. The Kier molecular flexibility index (Phi) is 6.59. The molecule has 5 nitrogen and oxygen atoms in total. The van der Waals surface area contributed by atoms with Gasteiger partial charge in [-0.2, -0.15) is 13.2 Å². The summed E-state index contributed by atoms with van der Waals surface area (Å²) in [4.78, 5) is 23.9. The van der Waals surface area contributed by atoms with Crippen molar-refractivity contribution in [2.75, 3.05) is 0 Å². The van der Waals surface area contributed by atoms with Gasteiger partial charge in [0.15, 0.2) is 0 Å². The third-order valence-electron chi connectivity index (χ3n) is 4.47. The van der Waals surface area contributed by atoms with Crippen molar-refractivity contribution < 1.29 is 27.5 Å². The van der Waals surface area contributed by atoms with Crippen LogP contribution in [0.1, 0.15) is 37.4 Å². The van der Waals surface area contributed by atoms with Crippen molar-refractivity contribution in [1.82, 2.24) is 5.32 Å². The lowest BCUT2D eigenvalue weighted by Gasteiger charge is -2.11. The molecule has 0 spiro atoms. The minimum absolute atomic E-state index is 0.0870. The summed E-state index contributed by atoms with van der Waals surface area (Å²) in [6, 6.07) is 17.9. The number of nitrogens with two attached hydrogens (primary N) is 1. The topological polar surface area (TPSA) is 81.4 Å². The van der Waals surface area contributed by atoms with Crippen LogP contribution in [0.15, 0.2) is 72.8 Å². The number of carbonyl (C=O) groups is 2. The first-order valence-electron chi connectivity index (χ1n) is 9.29. The Morgan fingerprint density at radius 3 is 2.29 bits per heavy atom. The summed E-state index contributed by atoms with van der Waals surface area (Å²) in [5.41, 5.74) is 6.46. The van der Waals surface area contributed by atoms with E-state index in [1.807, 2.05) is 0 Å². The van der Waals surface area contributed by atoms with E-state index in [2.05, 4.69) is 5.32 Å². The Bertz CT molecular complexity index is 1080. The Hall–Kier alpha value is -3.81. The fourth-order valence-electron chi connectivity index (χ4n) is 2.86. The number of benzene rings is 3. The van der Waals surface area contributed by atoms with E-state index < -0.39 is 17.6 Å². The van der Waals surface area contributed by atoms with Gasteiger partial charge in [-0.3, -0.25) is 9.59 Å². The van der Waals surface area contributed by atoms with Crippen LogP contribution in [0.4, 0.5) is 13.2 Å². The number of amides is 2. The van der Waals surface area contributed by atoms with Crippen LogP contribution in [0.5, 0.6) is 5.75 Å². The molecule has 0 aromatic heterocycles. The zero-order chi connectivity index (χ0) is 22.4. The quantitative estimate of drug-likeness (QED) is 0.588. The summed E-state index contributed by atoms with van der Waals surface area (Å²) >= 11 is 0. The first-order chi connectivity index (χ1) is 14.7. The molecule has 3 aromatic carbocycles. The third kappa shape index (κ3) is 5.85. The Balaban J connectivity index is 1.61. The van der Waals surface area contributed by atoms with Gasteiger partial charge in [0.25, 0.3) is 11.8 Å². The van der Waals surface area contributed by atoms with Crippen LogP contribution in [0.2, 0.25) is 0 Å². The van der Waals surface area contributed by atoms with Crippen LogP contribution in [-0.2, 0) is 19.3 Å². The van der Waals surface area contributed by atoms with Crippen LogP contribution >= 0.6 is 0 Å². The van der Waals surface area contributed by atoms with Gasteiger partial charge in [-0.1, -0.05) is 36.4 Å². The van der Waals surface area contributed by atoms with Crippen LogP contribution < -0.4 is 15.8 Å². The average Bonchev–Trinajstić information content (AvgIpc) is 2.76. The lowest BCUT2D eigenvalue weighted by Crippen LogP contribution is -2.23. The maximum absolute atomic E-state index is 12.6. The van der Waals surface area contributed by atoms with Crippen molar-refractivity contribution in [1.29, 1.82) is 0 Å². The lowest BCUT2D eigenvalue weighted by molar-refractivity contribution is -0.137. The second-order valence-corrected chi connectivity index (χ2v) is 6.73. The highest BCUT2D eigenvalue weighted by Crippen LogP contribution is 2.29. The Morgan fingerprint density at radius 2 is 1.61 bits per heavy atom. The average molecular weight is 428 g/mol. The predicted octanol–water partition coefficient (Wildman–Crippen LogP) is 4.31. The highest BCUT2D eigenvalue weighted by molar-refractivity contribution is 5.95. The number of ether oxygens (including phenoxy) is 1. The molecule has 0 aliphatic carbocycles. The molecular formula is C23H19F3N2O3. The van der Waals surface area contributed by atoms with E-state index in [1.165, 1.54) is 12.1 Å². The SMILES string of the molecule is NC(=O)c1ccccc1OCc1cccc(C(=O)NCc2ccc(C(F)(F)F)cc2)c1. The molecule has 0 saturated heterocycles. The minimum atomic E-state index is -4.40. The number of rotatable bonds is 7. The van der Waals surface area contributed by atoms with Gasteiger partial charge in [0.2, 0.25) is 0 Å². The molecule has 0 radical (unpaired) electrons. The van der Waals surface area contributed by atoms with Gasteiger partial charge in [0, 0.05) is 12.1 Å². The van der Waals surface area contributed by atoms with Crippen molar-refractivity contribution in [3.63, 3.8) is 0 Å². The minimum Gasteiger partial charge on any atom is -0.488 e. The molecule has 0 fully saturated rings. The standard InChI is InChI=1S/C23H19F3N2O3/c24-23(25,26)18-10-8-15(9-11-18)13-28-22(30)17-5-3-4-16(12-17)14-31-20-7-2-1-6-19(20)21(27)29/h1-12H,13-14H2,(H2,27,29)(H,28,30). The molecular weight excluding hydrogens is 409 g/mol. The molecule has 3 N–H and O–H groups in total. The molecule has 160 valence electrons. The Labute approximate surface area is 176 Å². The maximum atomic E-state index is 12.6. The smallest absolute Gasteiger partial charge is 0.416 e. The Morgan fingerprint density at radius 1 is 0.903 bits per heavy atom. The van der Waals surface area contributed by atoms with Gasteiger partial charge < -0.3 is 15.8 Å². The fourth-order valence-corrected chi connectivity index (χ4v) is 2.86. The normalized spacial score (nSPS) is 11.1. The number of para-hydroxylation sites is 1. The molecule has 0 heterocycles. The molecule has 3 aromatic rings. The molecule has 0 aliphatic rings. The van der Waals surface area contributed by atoms with Gasteiger partial charge in [-0.15, -0.1) is 0 Å². The number of primary amides is 1. The van der Waals surface area contributed by atoms with E-state index in [9.17, 15) is 22.8 Å². The number of halogens is 3. The van der Waals surface area contributed by atoms with E-state index >= 15 is 0 Å². The summed E-state index contributed by atoms with van der Waals surface area (Å²) in [5.74, 6) is -0.640. The van der Waals surface area contributed by atoms with Crippen molar-refractivity contribution in [3.8, 4) is 5.75 Å². The number of carbonyl (C=O) groups excluding carboxylic acids is 2. The first-order valence-corrected chi connectivity index (χ1v) is 9.29. The predicted molar refractivity (Wildman–Crippen MR) is 108 cm³/mol. The summed E-state index contributed by atoms with van der Waals surface area (Å²) in [5, 5.41) is 2.68. The molecule has 3 rings (SSSR count). The molecule has 0 saturated carbocycles. The van der Waals surface area contributed by atoms with Gasteiger partial charge in [-0.05, 0) is 47.5 Å². The zero-order valence-electron chi connectivity index (χ0n) is 16.3. The molecule has 8 heteroatoms. The van der Waals surface area contributed by atoms with Gasteiger partial charge in [0.05, 0.1) is 11.1 Å². The van der Waals surface area contributed by atoms with E-state index in [-0.39, 0.29) is 24.6 Å². The molecule has 0 bridgehead atoms. The second-order valence-electron chi connectivity index (χ2n) is 6.73. The van der Waals surface area contributed by atoms with Crippen LogP contribution in [0.25, 0.3) is 0 Å². The molecule has 0 aliphatic heterocycles. The van der Waals surface area contributed by atoms with Crippen molar-refractivity contribution in [3.05, 3.63) is 101 Å². The van der Waals surface area contributed by atoms with Gasteiger partial charge in [-0.25, -0.2) is 0 Å². The summed E-state index contributed by atoms with van der Waals surface area (Å²) < 4.78 is 43.5. The van der Waals surface area contributed by atoms with Crippen LogP contribution in [-0.4, -0.2) is 11.8 Å². The first kappa shape index (κ1) is 21.9. The highest BCUT2D eigenvalue weighted by atomic mass is 19.4. The summed E-state index contributed by atoms with van der Waals surface area (Å²) in [6.45, 7) is 0.202. The van der Waals surface area contributed by atoms with E-state index in [4.69, 9.17) is 10.5 Å². The lowest BCUT2D eigenvalue weighted by atomic mass is 10.1.